The second-order valence-corrected chi connectivity index (χ2v) is 11.9. The van der Waals surface area contributed by atoms with Crippen molar-refractivity contribution in [2.24, 2.45) is 0 Å². The predicted octanol–water partition coefficient (Wildman–Crippen LogP) is 6.58. The molecule has 8 heteroatoms. The first kappa shape index (κ1) is 23.1. The number of halogens is 1. The number of carbonyl (C=O) groups is 1. The molecule has 1 N–H and O–H groups in total. The van der Waals surface area contributed by atoms with E-state index < -0.39 is 27.4 Å². The molecule has 1 spiro atoms. The lowest BCUT2D eigenvalue weighted by molar-refractivity contribution is -0.120. The van der Waals surface area contributed by atoms with Crippen LogP contribution in [0.15, 0.2) is 106 Å². The monoisotopic (exact) mass is 540 g/mol. The number of furan rings is 1. The van der Waals surface area contributed by atoms with Crippen molar-refractivity contribution in [1.82, 2.24) is 0 Å². The van der Waals surface area contributed by atoms with Crippen molar-refractivity contribution in [1.29, 1.82) is 0 Å². The third-order valence-corrected chi connectivity index (χ3v) is 9.53. The molecule has 0 bridgehead atoms. The lowest BCUT2D eigenvalue weighted by Gasteiger charge is -2.38. The number of rotatable bonds is 3. The van der Waals surface area contributed by atoms with Gasteiger partial charge in [0.2, 0.25) is 0 Å². The second kappa shape index (κ2) is 7.96. The van der Waals surface area contributed by atoms with E-state index in [4.69, 9.17) is 16.0 Å². The molecule has 0 saturated carbocycles. The quantitative estimate of drug-likeness (QED) is 0.280. The van der Waals surface area contributed by atoms with Crippen LogP contribution in [0, 0.1) is 6.92 Å². The molecule has 5 aromatic rings. The Labute approximate surface area is 224 Å². The molecule has 4 aromatic carbocycles. The topological polar surface area (TPSA) is 79.6 Å². The number of anilines is 2. The Morgan fingerprint density at radius 1 is 0.921 bits per heavy atom. The maximum absolute atomic E-state index is 14.7. The van der Waals surface area contributed by atoms with E-state index in [-0.39, 0.29) is 4.90 Å². The molecular weight excluding hydrogens is 520 g/mol. The third-order valence-electron chi connectivity index (χ3n) is 7.47. The zero-order valence-corrected chi connectivity index (χ0v) is 21.8. The summed E-state index contributed by atoms with van der Waals surface area (Å²) < 4.78 is 37.1. The van der Waals surface area contributed by atoms with Gasteiger partial charge >= 0.3 is 0 Å². The average Bonchev–Trinajstić information content (AvgIpc) is 3.51. The summed E-state index contributed by atoms with van der Waals surface area (Å²) >= 11 is 6.43. The molecule has 0 radical (unpaired) electrons. The van der Waals surface area contributed by atoms with Crippen LogP contribution in [0.1, 0.15) is 28.4 Å². The van der Waals surface area contributed by atoms with Crippen molar-refractivity contribution in [3.05, 3.63) is 125 Å². The molecule has 2 aliphatic heterocycles. The Morgan fingerprint density at radius 2 is 1.66 bits per heavy atom. The molecule has 0 unspecified atom stereocenters. The highest BCUT2D eigenvalue weighted by Gasteiger charge is 2.67. The van der Waals surface area contributed by atoms with Crippen LogP contribution >= 0.6 is 11.6 Å². The number of nitrogens with one attached hydrogen (secondary N) is 1. The first-order valence-corrected chi connectivity index (χ1v) is 14.0. The molecule has 2 atom stereocenters. The van der Waals surface area contributed by atoms with Crippen molar-refractivity contribution in [2.45, 2.75) is 23.3 Å². The Hall–Kier alpha value is -4.07. The van der Waals surface area contributed by atoms with Crippen LogP contribution in [0.2, 0.25) is 5.02 Å². The molecular formula is C30H21ClN2O4S. The number of hydrogen-bond donors (Lipinski definition) is 1. The van der Waals surface area contributed by atoms with Crippen LogP contribution < -0.4 is 9.62 Å². The van der Waals surface area contributed by atoms with Crippen molar-refractivity contribution in [2.75, 3.05) is 9.62 Å². The van der Waals surface area contributed by atoms with Gasteiger partial charge in [-0.05, 0) is 55.0 Å². The minimum Gasteiger partial charge on any atom is -0.458 e. The van der Waals surface area contributed by atoms with E-state index in [1.165, 1.54) is 4.31 Å². The maximum Gasteiger partial charge on any atom is 0.265 e. The molecule has 6 nitrogen and oxygen atoms in total. The summed E-state index contributed by atoms with van der Waals surface area (Å²) in [6, 6.07) is 28.3. The number of aryl methyl sites for hydroxylation is 1. The number of sulfonamides is 1. The van der Waals surface area contributed by atoms with Crippen LogP contribution in [0.4, 0.5) is 11.4 Å². The maximum atomic E-state index is 14.7. The summed E-state index contributed by atoms with van der Waals surface area (Å²) in [6.45, 7) is 1.89. The van der Waals surface area contributed by atoms with E-state index in [0.29, 0.717) is 44.3 Å². The number of fused-ring (bicyclic) bond motifs is 5. The SMILES string of the molecule is Cc1ccc(S(=O)(=O)N2c3c(oc4ccccc34)[C@@H](c3cccc(Cl)c3)[C@@]23C(=O)Nc2ccccc23)cc1. The fourth-order valence-electron chi connectivity index (χ4n) is 5.90. The Balaban J connectivity index is 1.65. The largest absolute Gasteiger partial charge is 0.458 e. The molecule has 7 rings (SSSR count). The molecule has 1 aromatic heterocycles. The van der Waals surface area contributed by atoms with Gasteiger partial charge < -0.3 is 9.73 Å². The van der Waals surface area contributed by atoms with Crippen molar-refractivity contribution < 1.29 is 17.6 Å². The molecule has 188 valence electrons. The van der Waals surface area contributed by atoms with E-state index in [1.807, 2.05) is 43.3 Å². The zero-order valence-electron chi connectivity index (χ0n) is 20.2. The van der Waals surface area contributed by atoms with Crippen molar-refractivity contribution >= 4 is 49.9 Å². The highest BCUT2D eigenvalue weighted by atomic mass is 35.5. The van der Waals surface area contributed by atoms with Gasteiger partial charge in [-0.25, -0.2) is 12.7 Å². The Kier molecular flexibility index (Phi) is 4.84. The summed E-state index contributed by atoms with van der Waals surface area (Å²) in [5.74, 6) is -0.849. The molecule has 0 aliphatic carbocycles. The fraction of sp³-hybridized carbons (Fsp3) is 0.100. The molecule has 38 heavy (non-hydrogen) atoms. The molecule has 3 heterocycles. The smallest absolute Gasteiger partial charge is 0.265 e. The molecule has 0 fully saturated rings. The van der Waals surface area contributed by atoms with Gasteiger partial charge in [-0.3, -0.25) is 4.79 Å². The van der Waals surface area contributed by atoms with Gasteiger partial charge in [-0.2, -0.15) is 0 Å². The lowest BCUT2D eigenvalue weighted by atomic mass is 9.76. The van der Waals surface area contributed by atoms with Gasteiger partial charge in [0, 0.05) is 21.7 Å². The van der Waals surface area contributed by atoms with Gasteiger partial charge in [0.25, 0.3) is 15.9 Å². The summed E-state index contributed by atoms with van der Waals surface area (Å²) in [5.41, 5.74) is 1.93. The number of nitrogens with zero attached hydrogens (tertiary/aromatic N) is 1. The number of amides is 1. The number of benzene rings is 4. The van der Waals surface area contributed by atoms with E-state index in [2.05, 4.69) is 5.32 Å². The zero-order chi connectivity index (χ0) is 26.2. The number of para-hydroxylation sites is 2. The minimum atomic E-state index is -4.27. The van der Waals surface area contributed by atoms with Gasteiger partial charge in [0.15, 0.2) is 5.54 Å². The van der Waals surface area contributed by atoms with Crippen LogP contribution in [0.25, 0.3) is 11.0 Å². The van der Waals surface area contributed by atoms with E-state index in [9.17, 15) is 13.2 Å². The first-order chi connectivity index (χ1) is 18.3. The number of hydrogen-bond acceptors (Lipinski definition) is 4. The molecule has 1 amide bonds. The highest BCUT2D eigenvalue weighted by molar-refractivity contribution is 7.93. The van der Waals surface area contributed by atoms with Crippen LogP contribution in [0.3, 0.4) is 0 Å². The van der Waals surface area contributed by atoms with E-state index in [1.54, 1.807) is 60.7 Å². The minimum absolute atomic E-state index is 0.0858. The average molecular weight is 541 g/mol. The second-order valence-electron chi connectivity index (χ2n) is 9.65. The van der Waals surface area contributed by atoms with E-state index >= 15 is 0 Å². The first-order valence-electron chi connectivity index (χ1n) is 12.1. The van der Waals surface area contributed by atoms with Gasteiger partial charge in [-0.1, -0.05) is 71.8 Å². The van der Waals surface area contributed by atoms with E-state index in [0.717, 1.165) is 5.56 Å². The van der Waals surface area contributed by atoms with Gasteiger partial charge in [-0.15, -0.1) is 0 Å². The summed E-state index contributed by atoms with van der Waals surface area (Å²) in [6.07, 6.45) is 0. The van der Waals surface area contributed by atoms with Crippen LogP contribution in [-0.2, 0) is 20.4 Å². The normalized spacial score (nSPS) is 20.1. The van der Waals surface area contributed by atoms with Gasteiger partial charge in [0.1, 0.15) is 17.0 Å². The molecule has 0 saturated heterocycles. The molecule has 2 aliphatic rings. The Morgan fingerprint density at radius 3 is 2.45 bits per heavy atom. The third kappa shape index (κ3) is 2.94. The predicted molar refractivity (Wildman–Crippen MR) is 147 cm³/mol. The standard InChI is InChI=1S/C30H21ClN2O4S/c1-18-13-15-21(16-14-18)38(35,36)33-27-22-9-2-5-12-25(22)37-28(27)26(19-7-6-8-20(31)17-19)30(33)23-10-3-4-11-24(23)32-29(30)34/h2-17,26H,1H3,(H,32,34)/t26-,30+/m1/s1. The summed E-state index contributed by atoms with van der Waals surface area (Å²) in [7, 11) is -4.27. The fourth-order valence-corrected chi connectivity index (χ4v) is 7.88. The summed E-state index contributed by atoms with van der Waals surface area (Å²) in [5, 5.41) is 4.04. The van der Waals surface area contributed by atoms with Crippen molar-refractivity contribution in [3.63, 3.8) is 0 Å². The van der Waals surface area contributed by atoms with Gasteiger partial charge in [0.05, 0.1) is 10.8 Å². The van der Waals surface area contributed by atoms with Crippen molar-refractivity contribution in [3.8, 4) is 0 Å². The summed E-state index contributed by atoms with van der Waals surface area (Å²) in [4.78, 5) is 14.4. The Bertz CT molecular complexity index is 1880. The van der Waals surface area contributed by atoms with Crippen LogP contribution in [-0.4, -0.2) is 14.3 Å². The number of carbonyl (C=O) groups excluding carboxylic acids is 1. The lowest BCUT2D eigenvalue weighted by Crippen LogP contribution is -2.54. The highest BCUT2D eigenvalue weighted by Crippen LogP contribution is 2.63. The van der Waals surface area contributed by atoms with Crippen LogP contribution in [0.5, 0.6) is 0 Å².